The number of hydrogen-bond donors (Lipinski definition) is 1. The molecule has 3 rings (SSSR count). The summed E-state index contributed by atoms with van der Waals surface area (Å²) in [5.41, 5.74) is 0.667. The van der Waals surface area contributed by atoms with Crippen molar-refractivity contribution in [3.63, 3.8) is 0 Å². The molecule has 3 aromatic rings. The van der Waals surface area contributed by atoms with Gasteiger partial charge in [-0.05, 0) is 59.3 Å². The van der Waals surface area contributed by atoms with Crippen LogP contribution >= 0.6 is 22.6 Å². The van der Waals surface area contributed by atoms with Crippen LogP contribution in [0.5, 0.6) is 11.6 Å². The van der Waals surface area contributed by atoms with E-state index in [1.165, 1.54) is 36.4 Å². The van der Waals surface area contributed by atoms with Gasteiger partial charge >= 0.3 is 6.36 Å². The first-order valence-corrected chi connectivity index (χ1v) is 8.28. The Kier molecular flexibility index (Phi) is 4.56. The van der Waals surface area contributed by atoms with Crippen LogP contribution in [-0.2, 0) is 0 Å². The number of aromatic hydroxyl groups is 1. The minimum absolute atomic E-state index is 0.0254. The third kappa shape index (κ3) is 3.68. The highest BCUT2D eigenvalue weighted by Crippen LogP contribution is 2.36. The van der Waals surface area contributed by atoms with Crippen LogP contribution < -0.4 is 4.74 Å². The normalized spacial score (nSPS) is 13.2. The summed E-state index contributed by atoms with van der Waals surface area (Å²) in [5.74, 6) is -0.750. The fraction of sp³-hybridized carbons (Fsp3) is 0.176. The highest BCUT2D eigenvalue weighted by Gasteiger charge is 2.31. The van der Waals surface area contributed by atoms with Crippen molar-refractivity contribution in [2.45, 2.75) is 19.3 Å². The van der Waals surface area contributed by atoms with Crippen molar-refractivity contribution >= 4 is 33.4 Å². The van der Waals surface area contributed by atoms with E-state index in [0.717, 1.165) is 0 Å². The van der Waals surface area contributed by atoms with Crippen LogP contribution in [0.3, 0.4) is 0 Å². The third-order valence-corrected chi connectivity index (χ3v) is 4.70. The van der Waals surface area contributed by atoms with Crippen molar-refractivity contribution in [2.24, 2.45) is 0 Å². The molecule has 0 aliphatic heterocycles. The molecule has 0 fully saturated rings. The minimum atomic E-state index is -4.75. The standard InChI is InChI=1S/C17H12F4INO2/c1-9(10-2-4-13(5-3-10)25-17(19,20)21)23-8-11-6-12(18)7-14(22)15(11)16(23)24/h2-9,24H,1H3. The van der Waals surface area contributed by atoms with E-state index in [9.17, 15) is 22.7 Å². The molecule has 0 aliphatic carbocycles. The average Bonchev–Trinajstić information content (AvgIpc) is 2.82. The summed E-state index contributed by atoms with van der Waals surface area (Å²) in [6.07, 6.45) is -3.13. The summed E-state index contributed by atoms with van der Waals surface area (Å²) in [7, 11) is 0. The van der Waals surface area contributed by atoms with Crippen molar-refractivity contribution in [3.05, 3.63) is 57.5 Å². The van der Waals surface area contributed by atoms with Gasteiger partial charge in [-0.3, -0.25) is 0 Å². The number of aromatic nitrogens is 1. The first kappa shape index (κ1) is 17.8. The Hall–Kier alpha value is -1.97. The van der Waals surface area contributed by atoms with Crippen molar-refractivity contribution in [2.75, 3.05) is 0 Å². The third-order valence-electron chi connectivity index (χ3n) is 3.85. The van der Waals surface area contributed by atoms with Crippen LogP contribution in [0.1, 0.15) is 18.5 Å². The van der Waals surface area contributed by atoms with Crippen LogP contribution in [0.25, 0.3) is 10.8 Å². The number of halogens is 5. The number of nitrogens with zero attached hydrogens (tertiary/aromatic N) is 1. The summed E-state index contributed by atoms with van der Waals surface area (Å²) in [5, 5.41) is 11.5. The second kappa shape index (κ2) is 6.40. The van der Waals surface area contributed by atoms with E-state index >= 15 is 0 Å². The molecule has 0 bridgehead atoms. The molecule has 2 aromatic carbocycles. The molecule has 0 radical (unpaired) electrons. The van der Waals surface area contributed by atoms with Gasteiger partial charge in [-0.15, -0.1) is 13.2 Å². The topological polar surface area (TPSA) is 34.4 Å². The van der Waals surface area contributed by atoms with E-state index in [-0.39, 0.29) is 17.7 Å². The zero-order valence-electron chi connectivity index (χ0n) is 12.8. The van der Waals surface area contributed by atoms with E-state index in [4.69, 9.17) is 0 Å². The zero-order chi connectivity index (χ0) is 18.4. The molecule has 0 aliphatic rings. The summed E-state index contributed by atoms with van der Waals surface area (Å²) in [4.78, 5) is 0. The van der Waals surface area contributed by atoms with E-state index < -0.39 is 12.2 Å². The Morgan fingerprint density at radius 3 is 2.40 bits per heavy atom. The highest BCUT2D eigenvalue weighted by molar-refractivity contribution is 14.1. The fourth-order valence-corrected chi connectivity index (χ4v) is 3.53. The highest BCUT2D eigenvalue weighted by atomic mass is 127. The van der Waals surface area contributed by atoms with Crippen molar-refractivity contribution in [3.8, 4) is 11.6 Å². The fourth-order valence-electron chi connectivity index (χ4n) is 2.68. The molecule has 0 saturated heterocycles. The van der Waals surface area contributed by atoms with E-state index in [1.54, 1.807) is 17.7 Å². The van der Waals surface area contributed by atoms with Crippen molar-refractivity contribution < 1.29 is 27.4 Å². The number of rotatable bonds is 3. The average molecular weight is 465 g/mol. The molecule has 132 valence electrons. The van der Waals surface area contributed by atoms with Crippen LogP contribution in [-0.4, -0.2) is 16.0 Å². The van der Waals surface area contributed by atoms with Gasteiger partial charge in [-0.25, -0.2) is 4.39 Å². The predicted molar refractivity (Wildman–Crippen MR) is 93.2 cm³/mol. The van der Waals surface area contributed by atoms with Crippen LogP contribution in [0.15, 0.2) is 42.6 Å². The quantitative estimate of drug-likeness (QED) is 0.404. The Bertz CT molecular complexity index is 919. The van der Waals surface area contributed by atoms with Gasteiger partial charge in [0.05, 0.1) is 11.4 Å². The maximum absolute atomic E-state index is 13.5. The number of alkyl halides is 3. The molecular formula is C17H12F4INO2. The molecule has 1 N–H and O–H groups in total. The maximum Gasteiger partial charge on any atom is 0.573 e. The summed E-state index contributed by atoms with van der Waals surface area (Å²) in [6.45, 7) is 1.78. The number of ether oxygens (including phenoxy) is 1. The molecule has 0 saturated carbocycles. The number of fused-ring (bicyclic) bond motifs is 1. The van der Waals surface area contributed by atoms with E-state index in [2.05, 4.69) is 4.74 Å². The molecule has 0 amide bonds. The maximum atomic E-state index is 13.5. The lowest BCUT2D eigenvalue weighted by molar-refractivity contribution is -0.274. The monoisotopic (exact) mass is 465 g/mol. The molecule has 0 spiro atoms. The van der Waals surface area contributed by atoms with Crippen molar-refractivity contribution in [1.82, 2.24) is 4.57 Å². The molecule has 8 heteroatoms. The lowest BCUT2D eigenvalue weighted by atomic mass is 10.1. The van der Waals surface area contributed by atoms with E-state index in [0.29, 0.717) is 19.9 Å². The SMILES string of the molecule is CC(c1ccc(OC(F)(F)F)cc1)n1cc2cc(F)cc(I)c2c1O. The smallest absolute Gasteiger partial charge is 0.494 e. The Morgan fingerprint density at radius 1 is 1.16 bits per heavy atom. The molecule has 1 heterocycles. The largest absolute Gasteiger partial charge is 0.573 e. The lowest BCUT2D eigenvalue weighted by Crippen LogP contribution is -2.17. The summed E-state index contributed by atoms with van der Waals surface area (Å²) in [6, 6.07) is 7.67. The Balaban J connectivity index is 1.95. The summed E-state index contributed by atoms with van der Waals surface area (Å²) >= 11 is 1.94. The zero-order valence-corrected chi connectivity index (χ0v) is 15.0. The van der Waals surface area contributed by atoms with Gasteiger partial charge in [0.2, 0.25) is 5.88 Å². The second-order valence-electron chi connectivity index (χ2n) is 5.50. The predicted octanol–water partition coefficient (Wildman–Crippen LogP) is 5.60. The van der Waals surface area contributed by atoms with Gasteiger partial charge in [-0.2, -0.15) is 0 Å². The lowest BCUT2D eigenvalue weighted by Gasteiger charge is -2.16. The van der Waals surface area contributed by atoms with Gasteiger partial charge < -0.3 is 14.4 Å². The van der Waals surface area contributed by atoms with Gasteiger partial charge in [0, 0.05) is 15.2 Å². The molecular weight excluding hydrogens is 453 g/mol. The van der Waals surface area contributed by atoms with Gasteiger partial charge in [-0.1, -0.05) is 12.1 Å². The molecule has 1 atom stereocenters. The minimum Gasteiger partial charge on any atom is -0.494 e. The van der Waals surface area contributed by atoms with Crippen molar-refractivity contribution in [1.29, 1.82) is 0 Å². The summed E-state index contributed by atoms with van der Waals surface area (Å²) < 4.78 is 56.2. The van der Waals surface area contributed by atoms with Crippen LogP contribution in [0, 0.1) is 9.39 Å². The molecule has 1 aromatic heterocycles. The van der Waals surface area contributed by atoms with Crippen LogP contribution in [0.4, 0.5) is 17.6 Å². The first-order valence-electron chi connectivity index (χ1n) is 7.20. The second-order valence-corrected chi connectivity index (χ2v) is 6.67. The van der Waals surface area contributed by atoms with E-state index in [1.807, 2.05) is 22.6 Å². The Morgan fingerprint density at radius 2 is 1.80 bits per heavy atom. The number of benzene rings is 2. The van der Waals surface area contributed by atoms with Crippen LogP contribution in [0.2, 0.25) is 0 Å². The Labute approximate surface area is 154 Å². The molecule has 1 unspecified atom stereocenters. The van der Waals surface area contributed by atoms with Gasteiger partial charge in [0.25, 0.3) is 0 Å². The number of hydrogen-bond acceptors (Lipinski definition) is 2. The first-order chi connectivity index (χ1) is 11.7. The van der Waals surface area contributed by atoms with Gasteiger partial charge in [0.15, 0.2) is 0 Å². The molecule has 3 nitrogen and oxygen atoms in total. The van der Waals surface area contributed by atoms with Gasteiger partial charge in [0.1, 0.15) is 11.6 Å². The molecule has 25 heavy (non-hydrogen) atoms.